The predicted molar refractivity (Wildman–Crippen MR) is 229 cm³/mol. The van der Waals surface area contributed by atoms with Gasteiger partial charge in [-0.3, -0.25) is 4.52 Å². The van der Waals surface area contributed by atoms with Crippen molar-refractivity contribution in [2.75, 3.05) is 19.7 Å². The van der Waals surface area contributed by atoms with Gasteiger partial charge in [0.25, 0.3) is 0 Å². The fourth-order valence-electron chi connectivity index (χ4n) is 7.52. The Morgan fingerprint density at radius 1 is 0.333 bits per heavy atom. The standard InChI is InChI=1S/C46H96NO3P/c1-4-7-10-12-14-16-18-20-22-24-26-28-30-32-34-36-38-40-42-44-47(51(48,49)50-46-9-6-3)45-43-41-39-37-35-33-31-29-27-25-23-21-19-17-15-13-11-8-5-2/h4-46H2,1-3H3,(H,48,49). The highest BCUT2D eigenvalue weighted by Crippen LogP contribution is 2.46. The van der Waals surface area contributed by atoms with Crippen molar-refractivity contribution in [1.29, 1.82) is 0 Å². The van der Waals surface area contributed by atoms with Crippen molar-refractivity contribution in [3.63, 3.8) is 0 Å². The lowest BCUT2D eigenvalue weighted by molar-refractivity contribution is 0.195. The van der Waals surface area contributed by atoms with Crippen LogP contribution in [0.25, 0.3) is 0 Å². The maximum absolute atomic E-state index is 13.1. The van der Waals surface area contributed by atoms with Gasteiger partial charge in [-0.05, 0) is 19.3 Å². The first-order valence-electron chi connectivity index (χ1n) is 23.8. The number of unbranched alkanes of at least 4 members (excludes halogenated alkanes) is 37. The fourth-order valence-corrected chi connectivity index (χ4v) is 8.84. The van der Waals surface area contributed by atoms with Crippen LogP contribution in [0.1, 0.15) is 278 Å². The molecule has 4 nitrogen and oxygen atoms in total. The maximum atomic E-state index is 13.1. The molecule has 308 valence electrons. The van der Waals surface area contributed by atoms with E-state index >= 15 is 0 Å². The summed E-state index contributed by atoms with van der Waals surface area (Å²) in [5.74, 6) is 0. The summed E-state index contributed by atoms with van der Waals surface area (Å²) in [5, 5.41) is 0. The fraction of sp³-hybridized carbons (Fsp3) is 1.00. The molecule has 0 fully saturated rings. The van der Waals surface area contributed by atoms with E-state index in [1.54, 1.807) is 4.67 Å². The highest BCUT2D eigenvalue weighted by molar-refractivity contribution is 7.50. The first-order valence-corrected chi connectivity index (χ1v) is 25.3. The molecule has 0 aliphatic heterocycles. The zero-order valence-electron chi connectivity index (χ0n) is 35.6. The van der Waals surface area contributed by atoms with Gasteiger partial charge in [0.15, 0.2) is 0 Å². The Morgan fingerprint density at radius 3 is 0.745 bits per heavy atom. The van der Waals surface area contributed by atoms with Crippen molar-refractivity contribution in [1.82, 2.24) is 4.67 Å². The molecular weight excluding hydrogens is 645 g/mol. The molecule has 1 N–H and O–H groups in total. The van der Waals surface area contributed by atoms with E-state index in [-0.39, 0.29) is 0 Å². The van der Waals surface area contributed by atoms with Gasteiger partial charge in [-0.15, -0.1) is 0 Å². The SMILES string of the molecule is CCCCCCCCCCCCCCCCCCCCCN(CCCCCCCCCCCCCCCCCCCCC)P(=O)(O)OCCCC. The lowest BCUT2D eigenvalue weighted by Gasteiger charge is -2.26. The average Bonchev–Trinajstić information content (AvgIpc) is 3.12. The van der Waals surface area contributed by atoms with Gasteiger partial charge in [-0.1, -0.05) is 258 Å². The molecule has 0 aliphatic rings. The van der Waals surface area contributed by atoms with E-state index in [2.05, 4.69) is 20.8 Å². The van der Waals surface area contributed by atoms with Crippen LogP contribution in [0.2, 0.25) is 0 Å². The summed E-state index contributed by atoms with van der Waals surface area (Å²) in [7, 11) is -3.69. The Balaban J connectivity index is 3.79. The Kier molecular flexibility index (Phi) is 42.9. The minimum Gasteiger partial charge on any atom is -0.312 e. The first kappa shape index (κ1) is 51.1. The molecule has 0 heterocycles. The molecule has 0 rings (SSSR count). The van der Waals surface area contributed by atoms with Crippen LogP contribution in [0.3, 0.4) is 0 Å². The van der Waals surface area contributed by atoms with E-state index in [0.29, 0.717) is 19.7 Å². The van der Waals surface area contributed by atoms with Crippen LogP contribution in [0.15, 0.2) is 0 Å². The van der Waals surface area contributed by atoms with Gasteiger partial charge in [-0.2, -0.15) is 0 Å². The zero-order valence-corrected chi connectivity index (χ0v) is 36.5. The Bertz CT molecular complexity index is 647. The lowest BCUT2D eigenvalue weighted by atomic mass is 10.0. The van der Waals surface area contributed by atoms with E-state index < -0.39 is 7.75 Å². The number of hydrogen-bond acceptors (Lipinski definition) is 2. The second kappa shape index (κ2) is 42.8. The summed E-state index contributed by atoms with van der Waals surface area (Å²) in [6, 6.07) is 0. The molecule has 0 aliphatic carbocycles. The normalized spacial score (nSPS) is 13.0. The highest BCUT2D eigenvalue weighted by Gasteiger charge is 2.28. The molecule has 1 unspecified atom stereocenters. The monoisotopic (exact) mass is 742 g/mol. The molecule has 0 spiro atoms. The van der Waals surface area contributed by atoms with Crippen LogP contribution >= 0.6 is 7.75 Å². The predicted octanol–water partition coefficient (Wildman–Crippen LogP) is 17.1. The Labute approximate surface area is 322 Å². The molecule has 0 saturated carbocycles. The summed E-state index contributed by atoms with van der Waals surface area (Å²) < 4.78 is 20.4. The Morgan fingerprint density at radius 2 is 0.529 bits per heavy atom. The molecule has 0 aromatic carbocycles. The van der Waals surface area contributed by atoms with Crippen LogP contribution in [-0.2, 0) is 9.09 Å². The van der Waals surface area contributed by atoms with E-state index in [0.717, 1.165) is 38.5 Å². The third kappa shape index (κ3) is 39.6. The van der Waals surface area contributed by atoms with Crippen LogP contribution in [0, 0.1) is 0 Å². The number of hydrogen-bond donors (Lipinski definition) is 1. The van der Waals surface area contributed by atoms with Gasteiger partial charge in [-0.25, -0.2) is 9.24 Å². The number of rotatable bonds is 45. The smallest absolute Gasteiger partial charge is 0.312 e. The third-order valence-electron chi connectivity index (χ3n) is 11.2. The van der Waals surface area contributed by atoms with Crippen molar-refractivity contribution in [2.24, 2.45) is 0 Å². The molecule has 51 heavy (non-hydrogen) atoms. The molecule has 1 atom stereocenters. The molecular formula is C46H96NO3P. The molecule has 0 aromatic heterocycles. The zero-order chi connectivity index (χ0) is 37.2. The van der Waals surface area contributed by atoms with Gasteiger partial charge in [0.05, 0.1) is 6.61 Å². The van der Waals surface area contributed by atoms with Crippen molar-refractivity contribution >= 4 is 7.75 Å². The minimum absolute atomic E-state index is 0.388. The summed E-state index contributed by atoms with van der Waals surface area (Å²) in [5.41, 5.74) is 0. The van der Waals surface area contributed by atoms with Crippen molar-refractivity contribution < 1.29 is 14.0 Å². The van der Waals surface area contributed by atoms with Crippen LogP contribution in [0.5, 0.6) is 0 Å². The van der Waals surface area contributed by atoms with Gasteiger partial charge in [0.2, 0.25) is 0 Å². The minimum atomic E-state index is -3.69. The van der Waals surface area contributed by atoms with Gasteiger partial charge in [0, 0.05) is 13.1 Å². The van der Waals surface area contributed by atoms with E-state index in [1.807, 2.05) is 0 Å². The maximum Gasteiger partial charge on any atom is 0.405 e. The highest BCUT2D eigenvalue weighted by atomic mass is 31.2. The van der Waals surface area contributed by atoms with Gasteiger partial charge < -0.3 is 4.89 Å². The largest absolute Gasteiger partial charge is 0.405 e. The second-order valence-electron chi connectivity index (χ2n) is 16.4. The topological polar surface area (TPSA) is 49.8 Å². The average molecular weight is 742 g/mol. The third-order valence-corrected chi connectivity index (χ3v) is 12.8. The van der Waals surface area contributed by atoms with Crippen molar-refractivity contribution in [3.05, 3.63) is 0 Å². The van der Waals surface area contributed by atoms with Crippen LogP contribution in [0.4, 0.5) is 0 Å². The lowest BCUT2D eigenvalue weighted by Crippen LogP contribution is -2.24. The molecule has 0 bridgehead atoms. The van der Waals surface area contributed by atoms with E-state index in [4.69, 9.17) is 4.52 Å². The van der Waals surface area contributed by atoms with Gasteiger partial charge in [0.1, 0.15) is 0 Å². The van der Waals surface area contributed by atoms with Crippen molar-refractivity contribution in [2.45, 2.75) is 278 Å². The van der Waals surface area contributed by atoms with E-state index in [1.165, 1.54) is 218 Å². The molecule has 0 amide bonds. The van der Waals surface area contributed by atoms with Crippen LogP contribution < -0.4 is 0 Å². The summed E-state index contributed by atoms with van der Waals surface area (Å²) in [6.45, 7) is 8.46. The summed E-state index contributed by atoms with van der Waals surface area (Å²) in [4.78, 5) is 10.8. The molecule has 0 aromatic rings. The summed E-state index contributed by atoms with van der Waals surface area (Å²) in [6.07, 6.45) is 53.8. The van der Waals surface area contributed by atoms with Gasteiger partial charge >= 0.3 is 7.75 Å². The molecule has 0 radical (unpaired) electrons. The molecule has 5 heteroatoms. The first-order chi connectivity index (χ1) is 25.1. The number of nitrogens with zero attached hydrogens (tertiary/aromatic N) is 1. The second-order valence-corrected chi connectivity index (χ2v) is 18.2. The van der Waals surface area contributed by atoms with E-state index in [9.17, 15) is 9.46 Å². The summed E-state index contributed by atoms with van der Waals surface area (Å²) >= 11 is 0. The van der Waals surface area contributed by atoms with Crippen LogP contribution in [-0.4, -0.2) is 29.3 Å². The molecule has 0 saturated heterocycles. The van der Waals surface area contributed by atoms with Crippen molar-refractivity contribution in [3.8, 4) is 0 Å². The quantitative estimate of drug-likeness (QED) is 0.0499. The Hall–Kier alpha value is 0.110.